The molecule has 4 aliphatic carbocycles. The molecule has 0 saturated heterocycles. The van der Waals surface area contributed by atoms with Gasteiger partial charge < -0.3 is 14.9 Å². The lowest BCUT2D eigenvalue weighted by Gasteiger charge is -2.63. The summed E-state index contributed by atoms with van der Waals surface area (Å²) in [5, 5.41) is 20.8. The van der Waals surface area contributed by atoms with Crippen LogP contribution in [0.2, 0.25) is 0 Å². The van der Waals surface area contributed by atoms with Crippen LogP contribution in [0, 0.1) is 34.0 Å². The van der Waals surface area contributed by atoms with E-state index in [1.807, 2.05) is 0 Å². The van der Waals surface area contributed by atoms with Crippen LogP contribution in [-0.4, -0.2) is 35.5 Å². The zero-order chi connectivity index (χ0) is 18.1. The van der Waals surface area contributed by atoms with Gasteiger partial charge in [0, 0.05) is 0 Å². The Morgan fingerprint density at radius 1 is 1.12 bits per heavy atom. The monoisotopic (exact) mass is 350 g/mol. The average Bonchev–Trinajstić information content (AvgIpc) is 2.80. The smallest absolute Gasteiger partial charge is 0.311 e. The molecule has 4 aliphatic rings. The average molecular weight is 350 g/mol. The van der Waals surface area contributed by atoms with E-state index in [1.54, 1.807) is 0 Å². The Morgan fingerprint density at radius 2 is 1.88 bits per heavy atom. The van der Waals surface area contributed by atoms with Gasteiger partial charge in [-0.15, -0.1) is 0 Å². The van der Waals surface area contributed by atoms with Crippen LogP contribution in [0.4, 0.5) is 0 Å². The number of rotatable bonds is 2. The molecule has 4 heteroatoms. The number of aliphatic hydroxyl groups is 2. The van der Waals surface area contributed by atoms with Gasteiger partial charge in [0.15, 0.2) is 0 Å². The summed E-state index contributed by atoms with van der Waals surface area (Å²) in [5.74, 6) is 1.15. The number of carbonyl (C=O) groups excluding carboxylic acids is 1. The van der Waals surface area contributed by atoms with Crippen molar-refractivity contribution < 1.29 is 19.7 Å². The molecule has 0 amide bonds. The maximum absolute atomic E-state index is 12.7. The number of carbonyl (C=O) groups is 1. The molecular weight excluding hydrogens is 316 g/mol. The molecule has 4 rings (SSSR count). The summed E-state index contributed by atoms with van der Waals surface area (Å²) in [7, 11) is 1.52. The molecule has 2 bridgehead atoms. The second-order valence-electron chi connectivity index (χ2n) is 10.2. The van der Waals surface area contributed by atoms with Gasteiger partial charge in [0.2, 0.25) is 0 Å². The number of methoxy groups -OCH3 is 1. The van der Waals surface area contributed by atoms with Crippen LogP contribution in [-0.2, 0) is 9.53 Å². The van der Waals surface area contributed by atoms with Gasteiger partial charge in [-0.25, -0.2) is 0 Å². The van der Waals surface area contributed by atoms with Crippen LogP contribution < -0.4 is 0 Å². The third-order valence-electron chi connectivity index (χ3n) is 9.24. The number of ether oxygens (including phenoxy) is 1. The van der Waals surface area contributed by atoms with Crippen molar-refractivity contribution in [2.24, 2.45) is 34.0 Å². The second-order valence-corrected chi connectivity index (χ2v) is 10.2. The summed E-state index contributed by atoms with van der Waals surface area (Å²) in [5.41, 5.74) is -0.935. The normalized spacial score (nSPS) is 54.5. The van der Waals surface area contributed by atoms with E-state index in [4.69, 9.17) is 4.74 Å². The first-order valence-corrected chi connectivity index (χ1v) is 10.2. The Balaban J connectivity index is 1.71. The Hall–Kier alpha value is -0.610. The Bertz CT molecular complexity index is 576. The highest BCUT2D eigenvalue weighted by molar-refractivity contribution is 5.77. The van der Waals surface area contributed by atoms with Crippen LogP contribution >= 0.6 is 0 Å². The lowest BCUT2D eigenvalue weighted by atomic mass is 9.41. The minimum atomic E-state index is -0.877. The highest BCUT2D eigenvalue weighted by atomic mass is 16.5. The zero-order valence-corrected chi connectivity index (χ0v) is 16.0. The summed E-state index contributed by atoms with van der Waals surface area (Å²) in [4.78, 5) is 12.7. The molecule has 2 N–H and O–H groups in total. The van der Waals surface area contributed by atoms with Crippen molar-refractivity contribution in [2.75, 3.05) is 13.7 Å². The van der Waals surface area contributed by atoms with Crippen molar-refractivity contribution >= 4 is 5.97 Å². The number of hydrogen-bond donors (Lipinski definition) is 2. The molecule has 0 aromatic rings. The van der Waals surface area contributed by atoms with E-state index in [1.165, 1.54) is 13.5 Å². The molecule has 0 aromatic heterocycles. The van der Waals surface area contributed by atoms with E-state index < -0.39 is 5.60 Å². The van der Waals surface area contributed by atoms with Crippen LogP contribution in [0.5, 0.6) is 0 Å². The molecule has 0 aromatic carbocycles. The highest BCUT2D eigenvalue weighted by Gasteiger charge is 2.68. The topological polar surface area (TPSA) is 66.8 Å². The van der Waals surface area contributed by atoms with E-state index >= 15 is 0 Å². The van der Waals surface area contributed by atoms with Crippen molar-refractivity contribution in [1.82, 2.24) is 0 Å². The van der Waals surface area contributed by atoms with Crippen LogP contribution in [0.3, 0.4) is 0 Å². The SMILES string of the molecule is COC(=O)[C@]1(C)CCC[C@@]2(C)[C@@H]3CC[C@H]4C[C@@]3(CC[C@@H]21)C[C@@]4(O)CO. The summed E-state index contributed by atoms with van der Waals surface area (Å²) in [6, 6.07) is 0. The van der Waals surface area contributed by atoms with Gasteiger partial charge in [-0.2, -0.15) is 0 Å². The van der Waals surface area contributed by atoms with Crippen LogP contribution in [0.1, 0.15) is 71.6 Å². The lowest BCUT2D eigenvalue weighted by Crippen LogP contribution is -2.58. The standard InChI is InChI=1S/C21H34O4/c1-18-8-4-9-19(2,17(23)25-3)15(18)7-10-20-11-14(5-6-16(18)20)21(24,12-20)13-22/h14-16,22,24H,4-13H2,1-3H3/t14-,15-,16-,18+,19+,20-,21+/m0/s1. The fourth-order valence-corrected chi connectivity index (χ4v) is 8.28. The molecule has 7 atom stereocenters. The molecule has 142 valence electrons. The number of hydrogen-bond acceptors (Lipinski definition) is 4. The molecule has 0 aliphatic heterocycles. The molecular formula is C21H34O4. The molecule has 0 unspecified atom stereocenters. The number of fused-ring (bicyclic) bond motifs is 3. The van der Waals surface area contributed by atoms with E-state index in [0.29, 0.717) is 11.8 Å². The maximum atomic E-state index is 12.7. The quantitative estimate of drug-likeness (QED) is 0.750. The minimum absolute atomic E-state index is 0.0358. The molecule has 25 heavy (non-hydrogen) atoms. The minimum Gasteiger partial charge on any atom is -0.469 e. The summed E-state index contributed by atoms with van der Waals surface area (Å²) < 4.78 is 5.22. The van der Waals surface area contributed by atoms with Crippen LogP contribution in [0.25, 0.3) is 0 Å². The van der Waals surface area contributed by atoms with Crippen LogP contribution in [0.15, 0.2) is 0 Å². The van der Waals surface area contributed by atoms with Gasteiger partial charge in [0.1, 0.15) is 0 Å². The summed E-state index contributed by atoms with van der Waals surface area (Å²) >= 11 is 0. The van der Waals surface area contributed by atoms with Gasteiger partial charge in [0.25, 0.3) is 0 Å². The van der Waals surface area contributed by atoms with Gasteiger partial charge in [-0.05, 0) is 86.9 Å². The van der Waals surface area contributed by atoms with Crippen molar-refractivity contribution in [3.05, 3.63) is 0 Å². The van der Waals surface area contributed by atoms with Gasteiger partial charge >= 0.3 is 5.97 Å². The molecule has 4 fully saturated rings. The third-order valence-corrected chi connectivity index (χ3v) is 9.24. The molecule has 4 saturated carbocycles. The first-order chi connectivity index (χ1) is 11.7. The molecule has 1 spiro atoms. The first-order valence-electron chi connectivity index (χ1n) is 10.2. The van der Waals surface area contributed by atoms with Crippen molar-refractivity contribution in [3.8, 4) is 0 Å². The first kappa shape index (κ1) is 17.8. The molecule has 4 nitrogen and oxygen atoms in total. The Kier molecular flexibility index (Phi) is 3.88. The van der Waals surface area contributed by atoms with E-state index in [0.717, 1.165) is 51.4 Å². The van der Waals surface area contributed by atoms with Gasteiger partial charge in [-0.1, -0.05) is 13.3 Å². The predicted octanol–water partition coefficient (Wildman–Crippen LogP) is 3.30. The number of esters is 1. The summed E-state index contributed by atoms with van der Waals surface area (Å²) in [6.07, 6.45) is 9.30. The Labute approximate surface area is 151 Å². The second kappa shape index (κ2) is 5.45. The fraction of sp³-hybridized carbons (Fsp3) is 0.952. The number of aliphatic hydroxyl groups excluding tert-OH is 1. The molecule has 0 heterocycles. The predicted molar refractivity (Wildman–Crippen MR) is 94.7 cm³/mol. The van der Waals surface area contributed by atoms with E-state index in [9.17, 15) is 15.0 Å². The van der Waals surface area contributed by atoms with Crippen molar-refractivity contribution in [3.63, 3.8) is 0 Å². The van der Waals surface area contributed by atoms with E-state index in [2.05, 4.69) is 13.8 Å². The van der Waals surface area contributed by atoms with Gasteiger partial charge in [0.05, 0.1) is 24.7 Å². The Morgan fingerprint density at radius 3 is 2.56 bits per heavy atom. The largest absolute Gasteiger partial charge is 0.469 e. The highest BCUT2D eigenvalue weighted by Crippen LogP contribution is 2.72. The van der Waals surface area contributed by atoms with Gasteiger partial charge in [-0.3, -0.25) is 4.79 Å². The lowest BCUT2D eigenvalue weighted by molar-refractivity contribution is -0.184. The fourth-order valence-electron chi connectivity index (χ4n) is 8.28. The molecule has 0 radical (unpaired) electrons. The summed E-state index contributed by atoms with van der Waals surface area (Å²) in [6.45, 7) is 4.44. The zero-order valence-electron chi connectivity index (χ0n) is 16.0. The third kappa shape index (κ3) is 2.16. The maximum Gasteiger partial charge on any atom is 0.311 e. The van der Waals surface area contributed by atoms with Crippen molar-refractivity contribution in [2.45, 2.75) is 77.2 Å². The van der Waals surface area contributed by atoms with E-state index in [-0.39, 0.29) is 34.7 Å². The van der Waals surface area contributed by atoms with Crippen molar-refractivity contribution in [1.29, 1.82) is 0 Å².